The Morgan fingerprint density at radius 3 is 2.58 bits per heavy atom. The third-order valence-corrected chi connectivity index (χ3v) is 4.19. The minimum atomic E-state index is -0.0432. The van der Waals surface area contributed by atoms with Gasteiger partial charge in [-0.25, -0.2) is 0 Å². The van der Waals surface area contributed by atoms with Crippen LogP contribution in [0.4, 0.5) is 5.69 Å². The lowest BCUT2D eigenvalue weighted by Gasteiger charge is -2.34. The molecule has 24 heavy (non-hydrogen) atoms. The largest absolute Gasteiger partial charge is 0.336 e. The van der Waals surface area contributed by atoms with Crippen molar-refractivity contribution in [2.75, 3.05) is 25.0 Å². The molecule has 0 aliphatic carbocycles. The normalized spacial score (nSPS) is 14.6. The van der Waals surface area contributed by atoms with E-state index in [9.17, 15) is 9.59 Å². The number of nitrogens with one attached hydrogen (secondary N) is 2. The molecule has 6 heteroatoms. The van der Waals surface area contributed by atoms with Gasteiger partial charge in [-0.3, -0.25) is 9.59 Å². The number of amides is 2. The Balaban J connectivity index is 0.00000288. The van der Waals surface area contributed by atoms with Crippen LogP contribution < -0.4 is 10.6 Å². The molecule has 1 aliphatic rings. The number of carbonyl (C=O) groups is 2. The third kappa shape index (κ3) is 5.49. The maximum atomic E-state index is 12.9. The lowest BCUT2D eigenvalue weighted by molar-refractivity contribution is -0.115. The predicted octanol–water partition coefficient (Wildman–Crippen LogP) is 3.06. The summed E-state index contributed by atoms with van der Waals surface area (Å²) >= 11 is 0. The zero-order valence-corrected chi connectivity index (χ0v) is 15.3. The first-order valence-electron chi connectivity index (χ1n) is 8.57. The van der Waals surface area contributed by atoms with Crippen molar-refractivity contribution in [2.45, 2.75) is 45.6 Å². The molecule has 2 N–H and O–H groups in total. The molecule has 1 heterocycles. The lowest BCUT2D eigenvalue weighted by atomic mass is 10.0. The number of carbonyl (C=O) groups excluding carboxylic acids is 2. The van der Waals surface area contributed by atoms with Crippen molar-refractivity contribution in [2.24, 2.45) is 0 Å². The van der Waals surface area contributed by atoms with Gasteiger partial charge in [0.15, 0.2) is 0 Å². The van der Waals surface area contributed by atoms with Crippen LogP contribution >= 0.6 is 12.4 Å². The van der Waals surface area contributed by atoms with Gasteiger partial charge in [0.2, 0.25) is 5.91 Å². The first-order chi connectivity index (χ1) is 11.2. The smallest absolute Gasteiger partial charge is 0.254 e. The number of hydrogen-bond donors (Lipinski definition) is 2. The van der Waals surface area contributed by atoms with Crippen molar-refractivity contribution >= 4 is 29.9 Å². The van der Waals surface area contributed by atoms with Gasteiger partial charge in [-0.1, -0.05) is 19.9 Å². The number of piperidine rings is 1. The van der Waals surface area contributed by atoms with Gasteiger partial charge in [0.1, 0.15) is 0 Å². The van der Waals surface area contributed by atoms with Crippen molar-refractivity contribution in [3.8, 4) is 0 Å². The topological polar surface area (TPSA) is 61.4 Å². The van der Waals surface area contributed by atoms with Crippen LogP contribution in [0.5, 0.6) is 0 Å². The van der Waals surface area contributed by atoms with Gasteiger partial charge in [-0.15, -0.1) is 12.4 Å². The molecule has 0 atom stereocenters. The fourth-order valence-corrected chi connectivity index (χ4v) is 2.95. The van der Waals surface area contributed by atoms with E-state index in [0.717, 1.165) is 38.9 Å². The predicted molar refractivity (Wildman–Crippen MR) is 99.8 cm³/mol. The van der Waals surface area contributed by atoms with Crippen molar-refractivity contribution < 1.29 is 9.59 Å². The Morgan fingerprint density at radius 1 is 1.25 bits per heavy atom. The van der Waals surface area contributed by atoms with Crippen molar-refractivity contribution in [3.05, 3.63) is 29.8 Å². The van der Waals surface area contributed by atoms with E-state index < -0.39 is 0 Å². The third-order valence-electron chi connectivity index (χ3n) is 4.19. The zero-order valence-electron chi connectivity index (χ0n) is 14.5. The first kappa shape index (κ1) is 20.5. The Hall–Kier alpha value is -1.59. The second-order valence-corrected chi connectivity index (χ2v) is 5.96. The fourth-order valence-electron chi connectivity index (χ4n) is 2.95. The summed E-state index contributed by atoms with van der Waals surface area (Å²) in [5.41, 5.74) is 1.33. The van der Waals surface area contributed by atoms with E-state index in [1.54, 1.807) is 6.07 Å². The van der Waals surface area contributed by atoms with Gasteiger partial charge in [0.25, 0.3) is 5.91 Å². The number of anilines is 1. The highest BCUT2D eigenvalue weighted by Gasteiger charge is 2.25. The molecule has 0 radical (unpaired) electrons. The maximum absolute atomic E-state index is 12.9. The Bertz CT molecular complexity index is 545. The molecule has 2 rings (SSSR count). The number of hydrogen-bond acceptors (Lipinski definition) is 3. The summed E-state index contributed by atoms with van der Waals surface area (Å²) in [7, 11) is 0. The minimum absolute atomic E-state index is 0. The summed E-state index contributed by atoms with van der Waals surface area (Å²) in [5, 5.41) is 6.16. The number of halogens is 1. The Kier molecular flexibility index (Phi) is 8.79. The molecule has 2 amide bonds. The molecule has 0 bridgehead atoms. The van der Waals surface area contributed by atoms with Gasteiger partial charge < -0.3 is 15.5 Å². The summed E-state index contributed by atoms with van der Waals surface area (Å²) in [4.78, 5) is 26.5. The molecule has 1 aromatic carbocycles. The quantitative estimate of drug-likeness (QED) is 0.826. The van der Waals surface area contributed by atoms with Crippen molar-refractivity contribution in [1.29, 1.82) is 0 Å². The van der Waals surface area contributed by atoms with Crippen LogP contribution in [-0.4, -0.2) is 42.4 Å². The lowest BCUT2D eigenvalue weighted by Crippen LogP contribution is -2.46. The molecule has 1 fully saturated rings. The first-order valence-corrected chi connectivity index (χ1v) is 8.57. The molecular formula is C18H28ClN3O2. The summed E-state index contributed by atoms with van der Waals surface area (Å²) in [5.74, 6) is 0.0183. The zero-order chi connectivity index (χ0) is 16.7. The molecule has 1 aromatic rings. The number of benzene rings is 1. The number of nitrogens with zero attached hydrogens (tertiary/aromatic N) is 1. The van der Waals surface area contributed by atoms with Crippen LogP contribution in [0.25, 0.3) is 0 Å². The van der Waals surface area contributed by atoms with E-state index in [2.05, 4.69) is 17.6 Å². The molecule has 1 saturated heterocycles. The van der Waals surface area contributed by atoms with E-state index in [1.165, 1.54) is 0 Å². The highest BCUT2D eigenvalue weighted by Crippen LogP contribution is 2.18. The molecule has 0 saturated carbocycles. The average molecular weight is 354 g/mol. The van der Waals surface area contributed by atoms with Crippen LogP contribution in [0.1, 0.15) is 49.9 Å². The summed E-state index contributed by atoms with van der Waals surface area (Å²) < 4.78 is 0. The second-order valence-electron chi connectivity index (χ2n) is 5.96. The molecule has 134 valence electrons. The summed E-state index contributed by atoms with van der Waals surface area (Å²) in [6.45, 7) is 6.61. The van der Waals surface area contributed by atoms with Crippen LogP contribution in [0.2, 0.25) is 0 Å². The molecule has 5 nitrogen and oxygen atoms in total. The van der Waals surface area contributed by atoms with E-state index in [0.29, 0.717) is 23.7 Å². The molecule has 0 aromatic heterocycles. The van der Waals surface area contributed by atoms with Crippen molar-refractivity contribution in [3.63, 3.8) is 0 Å². The molecule has 0 unspecified atom stereocenters. The SMILES string of the molecule is CCCN(C(=O)c1cccc(NC(=O)CC)c1)C1CCNCC1.Cl. The second kappa shape index (κ2) is 10.3. The average Bonchev–Trinajstić information content (AvgIpc) is 2.60. The Morgan fingerprint density at radius 2 is 1.96 bits per heavy atom. The standard InChI is InChI=1S/C18H27N3O2.ClH/c1-3-12-21(16-8-10-19-11-9-16)18(23)14-6-5-7-15(13-14)20-17(22)4-2;/h5-7,13,16,19H,3-4,8-12H2,1-2H3,(H,20,22);1H. The highest BCUT2D eigenvalue weighted by atomic mass is 35.5. The highest BCUT2D eigenvalue weighted by molar-refractivity contribution is 5.97. The monoisotopic (exact) mass is 353 g/mol. The van der Waals surface area contributed by atoms with Gasteiger partial charge in [-0.05, 0) is 50.6 Å². The van der Waals surface area contributed by atoms with Crippen LogP contribution in [-0.2, 0) is 4.79 Å². The van der Waals surface area contributed by atoms with Crippen molar-refractivity contribution in [1.82, 2.24) is 10.2 Å². The summed E-state index contributed by atoms with van der Waals surface area (Å²) in [6.07, 6.45) is 3.37. The maximum Gasteiger partial charge on any atom is 0.254 e. The minimum Gasteiger partial charge on any atom is -0.336 e. The van der Waals surface area contributed by atoms with Gasteiger partial charge in [0.05, 0.1) is 0 Å². The van der Waals surface area contributed by atoms with E-state index in [-0.39, 0.29) is 24.2 Å². The van der Waals surface area contributed by atoms with E-state index in [1.807, 2.05) is 30.0 Å². The van der Waals surface area contributed by atoms with Crippen LogP contribution in [0.3, 0.4) is 0 Å². The van der Waals surface area contributed by atoms with Crippen LogP contribution in [0, 0.1) is 0 Å². The van der Waals surface area contributed by atoms with Gasteiger partial charge in [-0.2, -0.15) is 0 Å². The van der Waals surface area contributed by atoms with Gasteiger partial charge in [0, 0.05) is 30.3 Å². The molecule has 1 aliphatic heterocycles. The van der Waals surface area contributed by atoms with E-state index in [4.69, 9.17) is 0 Å². The van der Waals surface area contributed by atoms with E-state index >= 15 is 0 Å². The molecular weight excluding hydrogens is 326 g/mol. The fraction of sp³-hybridized carbons (Fsp3) is 0.556. The van der Waals surface area contributed by atoms with Crippen LogP contribution in [0.15, 0.2) is 24.3 Å². The van der Waals surface area contributed by atoms with Gasteiger partial charge >= 0.3 is 0 Å². The Labute approximate surface area is 150 Å². The number of rotatable bonds is 6. The molecule has 0 spiro atoms. The summed E-state index contributed by atoms with van der Waals surface area (Å²) in [6, 6.07) is 7.55.